The van der Waals surface area contributed by atoms with E-state index in [4.69, 9.17) is 0 Å². The Balaban J connectivity index is 1.68. The molecule has 7 nitrogen and oxygen atoms in total. The number of amides is 2. The van der Waals surface area contributed by atoms with Crippen molar-refractivity contribution in [2.45, 2.75) is 82.8 Å². The summed E-state index contributed by atoms with van der Waals surface area (Å²) in [5.74, 6) is 0.304. The van der Waals surface area contributed by atoms with Gasteiger partial charge in [-0.1, -0.05) is 36.7 Å². The smallest absolute Gasteiger partial charge is 0.276 e. The quantitative estimate of drug-likeness (QED) is 0.728. The van der Waals surface area contributed by atoms with E-state index < -0.39 is 6.04 Å². The molecular formula is C23H31N5O2S. The number of nitrogens with zero attached hydrogens (tertiary/aromatic N) is 4. The Morgan fingerprint density at radius 3 is 2.55 bits per heavy atom. The van der Waals surface area contributed by atoms with Crippen LogP contribution in [0.5, 0.6) is 0 Å². The summed E-state index contributed by atoms with van der Waals surface area (Å²) < 4.78 is 3.88. The van der Waals surface area contributed by atoms with E-state index in [0.29, 0.717) is 11.6 Å². The van der Waals surface area contributed by atoms with Crippen molar-refractivity contribution in [3.63, 3.8) is 0 Å². The van der Waals surface area contributed by atoms with Crippen LogP contribution in [0.1, 0.15) is 86.8 Å². The topological polar surface area (TPSA) is 88.1 Å². The second-order valence-corrected chi connectivity index (χ2v) is 9.56. The Bertz CT molecular complexity index is 846. The molecule has 166 valence electrons. The normalized spacial score (nSPS) is 23.1. The molecule has 8 heteroatoms. The van der Waals surface area contributed by atoms with Gasteiger partial charge in [0.25, 0.3) is 5.91 Å². The first-order valence-corrected chi connectivity index (χ1v) is 12.3. The standard InChI is InChI=1S/C23H31N5O2S/c1-16-9-11-19(12-10-16)28(23(30)20-15-31-27-26-20)21(17-6-5-13-24-14-17)22(29)25-18-7-3-2-4-8-18/h5-6,13-16,18-19,21H,2-4,7-12H2,1H3,(H,25,29). The van der Waals surface area contributed by atoms with Crippen molar-refractivity contribution in [1.29, 1.82) is 0 Å². The van der Waals surface area contributed by atoms with Gasteiger partial charge in [0.05, 0.1) is 0 Å². The molecule has 0 spiro atoms. The number of carbonyl (C=O) groups is 2. The second-order valence-electron chi connectivity index (χ2n) is 8.95. The molecule has 2 amide bonds. The van der Waals surface area contributed by atoms with Crippen LogP contribution in [0, 0.1) is 5.92 Å². The van der Waals surface area contributed by atoms with Crippen LogP contribution in [0.15, 0.2) is 29.9 Å². The monoisotopic (exact) mass is 441 g/mol. The van der Waals surface area contributed by atoms with E-state index in [9.17, 15) is 9.59 Å². The van der Waals surface area contributed by atoms with E-state index in [2.05, 4.69) is 26.8 Å². The maximum atomic E-state index is 13.7. The fraction of sp³-hybridized carbons (Fsp3) is 0.609. The lowest BCUT2D eigenvalue weighted by molar-refractivity contribution is -0.128. The molecule has 2 saturated carbocycles. The van der Waals surface area contributed by atoms with Crippen molar-refractivity contribution in [3.8, 4) is 0 Å². The highest BCUT2D eigenvalue weighted by molar-refractivity contribution is 7.03. The number of rotatable bonds is 6. The molecular weight excluding hydrogens is 410 g/mol. The van der Waals surface area contributed by atoms with Crippen molar-refractivity contribution in [2.24, 2.45) is 5.92 Å². The molecule has 2 aromatic rings. The van der Waals surface area contributed by atoms with Crippen LogP contribution >= 0.6 is 11.5 Å². The van der Waals surface area contributed by atoms with Gasteiger partial charge in [0.1, 0.15) is 6.04 Å². The summed E-state index contributed by atoms with van der Waals surface area (Å²) in [6, 6.07) is 3.16. The maximum Gasteiger partial charge on any atom is 0.276 e. The summed E-state index contributed by atoms with van der Waals surface area (Å²) in [5, 5.41) is 8.95. The van der Waals surface area contributed by atoms with Gasteiger partial charge < -0.3 is 10.2 Å². The minimum Gasteiger partial charge on any atom is -0.351 e. The lowest BCUT2D eigenvalue weighted by Crippen LogP contribution is -2.51. The fourth-order valence-electron chi connectivity index (χ4n) is 4.91. The molecule has 2 aliphatic rings. The molecule has 0 aliphatic heterocycles. The first-order valence-electron chi connectivity index (χ1n) is 11.4. The zero-order chi connectivity index (χ0) is 21.6. The third-order valence-corrected chi connectivity index (χ3v) is 7.18. The van der Waals surface area contributed by atoms with Gasteiger partial charge in [-0.05, 0) is 62.0 Å². The molecule has 0 saturated heterocycles. The van der Waals surface area contributed by atoms with Crippen molar-refractivity contribution in [2.75, 3.05) is 0 Å². The number of nitrogens with one attached hydrogen (secondary N) is 1. The third kappa shape index (κ3) is 5.29. The predicted octanol–water partition coefficient (Wildman–Crippen LogP) is 4.14. The summed E-state index contributed by atoms with van der Waals surface area (Å²) in [5.41, 5.74) is 1.05. The van der Waals surface area contributed by atoms with Gasteiger partial charge in [-0.15, -0.1) is 5.10 Å². The summed E-state index contributed by atoms with van der Waals surface area (Å²) >= 11 is 1.16. The molecule has 2 fully saturated rings. The summed E-state index contributed by atoms with van der Waals surface area (Å²) in [4.78, 5) is 33.3. The molecule has 2 heterocycles. The van der Waals surface area contributed by atoms with Crippen LogP contribution in [-0.2, 0) is 4.79 Å². The van der Waals surface area contributed by atoms with Crippen molar-refractivity contribution >= 4 is 23.3 Å². The Hall–Kier alpha value is -2.35. The largest absolute Gasteiger partial charge is 0.351 e. The Morgan fingerprint density at radius 1 is 1.13 bits per heavy atom. The Kier molecular flexibility index (Phi) is 7.27. The second kappa shape index (κ2) is 10.3. The molecule has 31 heavy (non-hydrogen) atoms. The first-order chi connectivity index (χ1) is 15.1. The summed E-state index contributed by atoms with van der Waals surface area (Å²) in [6.07, 6.45) is 12.8. The first kappa shape index (κ1) is 21.9. The molecule has 0 bridgehead atoms. The highest BCUT2D eigenvalue weighted by Crippen LogP contribution is 2.34. The maximum absolute atomic E-state index is 13.7. The van der Waals surface area contributed by atoms with Crippen LogP contribution < -0.4 is 5.32 Å². The molecule has 2 aromatic heterocycles. The van der Waals surface area contributed by atoms with Crippen molar-refractivity contribution < 1.29 is 9.59 Å². The van der Waals surface area contributed by atoms with Gasteiger partial charge in [-0.25, -0.2) is 0 Å². The minimum absolute atomic E-state index is 0.00675. The van der Waals surface area contributed by atoms with Gasteiger partial charge in [0, 0.05) is 35.4 Å². The van der Waals surface area contributed by atoms with Crippen molar-refractivity contribution in [1.82, 2.24) is 24.8 Å². The van der Waals surface area contributed by atoms with Crippen LogP contribution in [0.3, 0.4) is 0 Å². The minimum atomic E-state index is -0.719. The lowest BCUT2D eigenvalue weighted by atomic mass is 9.85. The average molecular weight is 442 g/mol. The third-order valence-electron chi connectivity index (χ3n) is 6.67. The van der Waals surface area contributed by atoms with Gasteiger partial charge in [0.15, 0.2) is 5.69 Å². The molecule has 1 atom stereocenters. The van der Waals surface area contributed by atoms with Crippen LogP contribution in [0.2, 0.25) is 0 Å². The fourth-order valence-corrected chi connectivity index (χ4v) is 5.34. The summed E-state index contributed by atoms with van der Waals surface area (Å²) in [6.45, 7) is 2.25. The zero-order valence-electron chi connectivity index (χ0n) is 18.1. The van der Waals surface area contributed by atoms with Gasteiger partial charge in [0.2, 0.25) is 5.91 Å². The zero-order valence-corrected chi connectivity index (χ0v) is 18.9. The number of pyridine rings is 1. The average Bonchev–Trinajstić information content (AvgIpc) is 3.34. The number of hydrogen-bond acceptors (Lipinski definition) is 6. The Labute approximate surface area is 187 Å². The van der Waals surface area contributed by atoms with Crippen LogP contribution in [-0.4, -0.2) is 43.4 Å². The molecule has 0 radical (unpaired) electrons. The molecule has 0 aromatic carbocycles. The Morgan fingerprint density at radius 2 is 1.90 bits per heavy atom. The van der Waals surface area contributed by atoms with E-state index in [0.717, 1.165) is 68.5 Å². The van der Waals surface area contributed by atoms with E-state index in [1.807, 2.05) is 12.1 Å². The van der Waals surface area contributed by atoms with Gasteiger partial charge >= 0.3 is 0 Å². The van der Waals surface area contributed by atoms with Gasteiger partial charge in [-0.2, -0.15) is 0 Å². The van der Waals surface area contributed by atoms with E-state index >= 15 is 0 Å². The highest BCUT2D eigenvalue weighted by atomic mass is 32.1. The number of aromatic nitrogens is 3. The SMILES string of the molecule is CC1CCC(N(C(=O)c2csnn2)C(C(=O)NC2CCCCC2)c2cccnc2)CC1. The lowest BCUT2D eigenvalue weighted by Gasteiger charge is -2.40. The molecule has 2 aliphatic carbocycles. The van der Waals surface area contributed by atoms with E-state index in [-0.39, 0.29) is 23.9 Å². The number of carbonyl (C=O) groups excluding carboxylic acids is 2. The molecule has 4 rings (SSSR count). The van der Waals surface area contributed by atoms with E-state index in [1.165, 1.54) is 6.42 Å². The highest BCUT2D eigenvalue weighted by Gasteiger charge is 2.39. The predicted molar refractivity (Wildman–Crippen MR) is 119 cm³/mol. The van der Waals surface area contributed by atoms with E-state index in [1.54, 1.807) is 22.7 Å². The van der Waals surface area contributed by atoms with Crippen LogP contribution in [0.4, 0.5) is 0 Å². The van der Waals surface area contributed by atoms with Crippen LogP contribution in [0.25, 0.3) is 0 Å². The number of hydrogen-bond donors (Lipinski definition) is 1. The summed E-state index contributed by atoms with van der Waals surface area (Å²) in [7, 11) is 0. The van der Waals surface area contributed by atoms with Crippen molar-refractivity contribution in [3.05, 3.63) is 41.2 Å². The molecule has 1 unspecified atom stereocenters. The molecule has 1 N–H and O–H groups in total. The van der Waals surface area contributed by atoms with Gasteiger partial charge in [-0.3, -0.25) is 14.6 Å².